The van der Waals surface area contributed by atoms with Gasteiger partial charge in [-0.05, 0) is 41.1 Å². The number of hydrogen-bond acceptors (Lipinski definition) is 4. The molecule has 132 valence electrons. The number of methoxy groups -OCH3 is 1. The van der Waals surface area contributed by atoms with Gasteiger partial charge in [-0.15, -0.1) is 0 Å². The van der Waals surface area contributed by atoms with Crippen LogP contribution in [0.4, 0.5) is 5.69 Å². The minimum absolute atomic E-state index is 0.223. The van der Waals surface area contributed by atoms with Crippen LogP contribution < -0.4 is 4.72 Å². The Hall–Kier alpha value is -2.90. The summed E-state index contributed by atoms with van der Waals surface area (Å²) in [6.45, 7) is 0.368. The summed E-state index contributed by atoms with van der Waals surface area (Å²) in [4.78, 5) is 7.71. The highest BCUT2D eigenvalue weighted by atomic mass is 32.2. The fourth-order valence-corrected chi connectivity index (χ4v) is 3.96. The summed E-state index contributed by atoms with van der Waals surface area (Å²) in [6, 6.07) is 17.9. The molecule has 0 radical (unpaired) electrons. The maximum absolute atomic E-state index is 12.7. The van der Waals surface area contributed by atoms with Crippen molar-refractivity contribution in [2.45, 2.75) is 11.5 Å². The van der Waals surface area contributed by atoms with E-state index >= 15 is 0 Å². The number of hydrogen-bond donors (Lipinski definition) is 2. The molecule has 0 saturated carbocycles. The minimum Gasteiger partial charge on any atom is -0.377 e. The molecule has 0 bridgehead atoms. The van der Waals surface area contributed by atoms with E-state index in [0.29, 0.717) is 18.1 Å². The molecule has 26 heavy (non-hydrogen) atoms. The maximum Gasteiger partial charge on any atom is 0.261 e. The molecule has 7 heteroatoms. The molecule has 0 aliphatic rings. The molecule has 0 atom stereocenters. The van der Waals surface area contributed by atoms with Gasteiger partial charge in [0, 0.05) is 7.11 Å². The van der Waals surface area contributed by atoms with Crippen LogP contribution in [0.5, 0.6) is 0 Å². The van der Waals surface area contributed by atoms with Crippen LogP contribution in [-0.4, -0.2) is 25.5 Å². The standard InChI is InChI=1S/C19H17N3O3S/c1-25-12-19-20-17-9-7-15(11-18(17)21-19)22-26(23,24)16-8-6-13-4-2-3-5-14(13)10-16/h2-11,22H,12H2,1H3,(H,20,21). The van der Waals surface area contributed by atoms with Gasteiger partial charge in [-0.3, -0.25) is 4.72 Å². The quantitative estimate of drug-likeness (QED) is 0.564. The van der Waals surface area contributed by atoms with Crippen molar-refractivity contribution in [3.8, 4) is 0 Å². The van der Waals surface area contributed by atoms with E-state index in [1.54, 1.807) is 43.5 Å². The lowest BCUT2D eigenvalue weighted by Crippen LogP contribution is -2.12. The molecule has 0 unspecified atom stereocenters. The largest absolute Gasteiger partial charge is 0.377 e. The number of benzene rings is 3. The van der Waals surface area contributed by atoms with Crippen molar-refractivity contribution >= 4 is 37.5 Å². The summed E-state index contributed by atoms with van der Waals surface area (Å²) < 4.78 is 33.1. The first-order chi connectivity index (χ1) is 12.5. The first-order valence-corrected chi connectivity index (χ1v) is 9.53. The van der Waals surface area contributed by atoms with Crippen LogP contribution in [-0.2, 0) is 21.4 Å². The molecule has 1 heterocycles. The maximum atomic E-state index is 12.7. The predicted molar refractivity (Wildman–Crippen MR) is 102 cm³/mol. The minimum atomic E-state index is -3.69. The van der Waals surface area contributed by atoms with Crippen molar-refractivity contribution in [2.75, 3.05) is 11.8 Å². The van der Waals surface area contributed by atoms with Gasteiger partial charge in [0.1, 0.15) is 12.4 Å². The monoisotopic (exact) mass is 367 g/mol. The van der Waals surface area contributed by atoms with Crippen molar-refractivity contribution in [2.24, 2.45) is 0 Å². The van der Waals surface area contributed by atoms with E-state index in [2.05, 4.69) is 14.7 Å². The fraction of sp³-hybridized carbons (Fsp3) is 0.105. The number of aromatic nitrogens is 2. The molecule has 4 rings (SSSR count). The number of aromatic amines is 1. The second-order valence-electron chi connectivity index (χ2n) is 5.96. The van der Waals surface area contributed by atoms with E-state index in [9.17, 15) is 8.42 Å². The lowest BCUT2D eigenvalue weighted by atomic mass is 10.1. The Balaban J connectivity index is 1.66. The summed E-state index contributed by atoms with van der Waals surface area (Å²) in [5, 5.41) is 1.87. The number of imidazole rings is 1. The lowest BCUT2D eigenvalue weighted by Gasteiger charge is -2.09. The van der Waals surface area contributed by atoms with E-state index in [1.807, 2.05) is 24.3 Å². The highest BCUT2D eigenvalue weighted by molar-refractivity contribution is 7.92. The number of rotatable bonds is 5. The van der Waals surface area contributed by atoms with Crippen LogP contribution in [0.2, 0.25) is 0 Å². The molecule has 0 fully saturated rings. The van der Waals surface area contributed by atoms with Gasteiger partial charge < -0.3 is 9.72 Å². The Morgan fingerprint density at radius 3 is 2.65 bits per heavy atom. The van der Waals surface area contributed by atoms with Gasteiger partial charge in [-0.2, -0.15) is 0 Å². The van der Waals surface area contributed by atoms with E-state index in [0.717, 1.165) is 21.8 Å². The molecule has 0 saturated heterocycles. The van der Waals surface area contributed by atoms with E-state index in [1.165, 1.54) is 0 Å². The molecule has 0 aliphatic carbocycles. The third-order valence-corrected chi connectivity index (χ3v) is 5.47. The summed E-state index contributed by atoms with van der Waals surface area (Å²) >= 11 is 0. The molecule has 3 aromatic carbocycles. The lowest BCUT2D eigenvalue weighted by molar-refractivity contribution is 0.179. The fourth-order valence-electron chi connectivity index (χ4n) is 2.88. The molecular weight excluding hydrogens is 350 g/mol. The average Bonchev–Trinajstić information content (AvgIpc) is 3.03. The molecule has 0 spiro atoms. The van der Waals surface area contributed by atoms with Gasteiger partial charge >= 0.3 is 0 Å². The van der Waals surface area contributed by atoms with Crippen molar-refractivity contribution in [3.05, 3.63) is 66.5 Å². The number of H-pyrrole nitrogens is 1. The topological polar surface area (TPSA) is 84.1 Å². The van der Waals surface area contributed by atoms with Crippen LogP contribution in [0.25, 0.3) is 21.8 Å². The Kier molecular flexibility index (Phi) is 4.10. The first kappa shape index (κ1) is 16.6. The summed E-state index contributed by atoms with van der Waals surface area (Å²) in [5.41, 5.74) is 1.97. The van der Waals surface area contributed by atoms with E-state index in [4.69, 9.17) is 4.74 Å². The molecule has 0 amide bonds. The van der Waals surface area contributed by atoms with Crippen molar-refractivity contribution in [1.29, 1.82) is 0 Å². The highest BCUT2D eigenvalue weighted by Gasteiger charge is 2.15. The molecule has 2 N–H and O–H groups in total. The van der Waals surface area contributed by atoms with Crippen molar-refractivity contribution in [3.63, 3.8) is 0 Å². The zero-order chi connectivity index (χ0) is 18.1. The number of nitrogens with one attached hydrogen (secondary N) is 2. The zero-order valence-corrected chi connectivity index (χ0v) is 14.9. The van der Waals surface area contributed by atoms with Gasteiger partial charge in [-0.25, -0.2) is 13.4 Å². The normalized spacial score (nSPS) is 11.9. The molecule has 6 nitrogen and oxygen atoms in total. The van der Waals surface area contributed by atoms with E-state index < -0.39 is 10.0 Å². The number of anilines is 1. The Bertz CT molecular complexity index is 1200. The predicted octanol–water partition coefficient (Wildman–Crippen LogP) is 3.66. The summed E-state index contributed by atoms with van der Waals surface area (Å²) in [7, 11) is -2.09. The molecular formula is C19H17N3O3S. The number of nitrogens with zero attached hydrogens (tertiary/aromatic N) is 1. The van der Waals surface area contributed by atoms with Crippen LogP contribution in [0, 0.1) is 0 Å². The third kappa shape index (κ3) is 3.14. The Morgan fingerprint density at radius 1 is 1.04 bits per heavy atom. The summed E-state index contributed by atoms with van der Waals surface area (Å²) in [6.07, 6.45) is 0. The van der Waals surface area contributed by atoms with Crippen LogP contribution in [0.1, 0.15) is 5.82 Å². The number of ether oxygens (including phenoxy) is 1. The Morgan fingerprint density at radius 2 is 1.85 bits per heavy atom. The average molecular weight is 367 g/mol. The van der Waals surface area contributed by atoms with Gasteiger partial charge in [0.25, 0.3) is 10.0 Å². The SMILES string of the molecule is COCc1nc2ccc(NS(=O)(=O)c3ccc4ccccc4c3)cc2[nH]1. The van der Waals surface area contributed by atoms with Gasteiger partial charge in [0.2, 0.25) is 0 Å². The highest BCUT2D eigenvalue weighted by Crippen LogP contribution is 2.23. The van der Waals surface area contributed by atoms with Gasteiger partial charge in [0.15, 0.2) is 0 Å². The summed E-state index contributed by atoms with van der Waals surface area (Å²) in [5.74, 6) is 0.692. The molecule has 0 aliphatic heterocycles. The number of sulfonamides is 1. The smallest absolute Gasteiger partial charge is 0.261 e. The van der Waals surface area contributed by atoms with Crippen LogP contribution in [0.15, 0.2) is 65.6 Å². The second kappa shape index (κ2) is 6.44. The van der Waals surface area contributed by atoms with Gasteiger partial charge in [-0.1, -0.05) is 30.3 Å². The van der Waals surface area contributed by atoms with Crippen molar-refractivity contribution < 1.29 is 13.2 Å². The van der Waals surface area contributed by atoms with Crippen LogP contribution in [0.3, 0.4) is 0 Å². The van der Waals surface area contributed by atoms with Crippen molar-refractivity contribution in [1.82, 2.24) is 9.97 Å². The third-order valence-electron chi connectivity index (χ3n) is 4.10. The first-order valence-electron chi connectivity index (χ1n) is 8.04. The van der Waals surface area contributed by atoms with Gasteiger partial charge in [0.05, 0.1) is 21.6 Å². The second-order valence-corrected chi connectivity index (χ2v) is 7.65. The molecule has 1 aromatic heterocycles. The van der Waals surface area contributed by atoms with Crippen LogP contribution >= 0.6 is 0 Å². The zero-order valence-electron chi connectivity index (χ0n) is 14.1. The number of fused-ring (bicyclic) bond motifs is 2. The Labute approximate surface area is 150 Å². The molecule has 4 aromatic rings. The van der Waals surface area contributed by atoms with E-state index in [-0.39, 0.29) is 4.90 Å².